The summed E-state index contributed by atoms with van der Waals surface area (Å²) < 4.78 is 16.5. The zero-order chi connectivity index (χ0) is 15.2. The van der Waals surface area contributed by atoms with Gasteiger partial charge >= 0.3 is 0 Å². The van der Waals surface area contributed by atoms with Crippen LogP contribution in [0.5, 0.6) is 0 Å². The number of halogens is 1. The molecule has 0 spiro atoms. The number of allylic oxidation sites excluding steroid dienone is 3. The van der Waals surface area contributed by atoms with Gasteiger partial charge in [0.1, 0.15) is 6.67 Å². The van der Waals surface area contributed by atoms with E-state index in [2.05, 4.69) is 34.4 Å². The van der Waals surface area contributed by atoms with Gasteiger partial charge in [0.05, 0.1) is 5.70 Å². The van der Waals surface area contributed by atoms with E-state index in [0.717, 1.165) is 18.4 Å². The molecule has 2 aromatic carbocycles. The molecule has 1 aliphatic rings. The lowest BCUT2D eigenvalue weighted by Gasteiger charge is -2.22. The van der Waals surface area contributed by atoms with E-state index < -0.39 is 6.67 Å². The van der Waals surface area contributed by atoms with Crippen molar-refractivity contribution in [1.29, 1.82) is 0 Å². The second kappa shape index (κ2) is 7.32. The van der Waals surface area contributed by atoms with Crippen LogP contribution in [0.15, 0.2) is 82.9 Å². The molecule has 1 nitrogen and oxygen atoms in total. The van der Waals surface area contributed by atoms with Crippen LogP contribution in [0.25, 0.3) is 0 Å². The van der Waals surface area contributed by atoms with Crippen LogP contribution in [0, 0.1) is 0 Å². The fraction of sp³-hybridized carbons (Fsp3) is 0.158. The van der Waals surface area contributed by atoms with Crippen molar-refractivity contribution in [3.05, 3.63) is 94.0 Å². The Hall–Kier alpha value is -2.00. The number of nitrogens with one attached hydrogen (secondary N) is 1. The summed E-state index contributed by atoms with van der Waals surface area (Å²) in [7, 11) is 0. The maximum Gasteiger partial charge on any atom is 0.130 e. The molecule has 3 heteroatoms. The molecule has 0 saturated carbocycles. The molecule has 0 radical (unpaired) electrons. The predicted molar refractivity (Wildman–Crippen MR) is 92.1 cm³/mol. The van der Waals surface area contributed by atoms with Crippen molar-refractivity contribution >= 4 is 11.9 Å². The predicted octanol–water partition coefficient (Wildman–Crippen LogP) is 4.83. The molecule has 0 aromatic heterocycles. The SMILES string of the molecule is FCC1=C(Cc2ccccc2)C(Cc2ccccc2)=CSN1. The second-order valence-electron chi connectivity index (χ2n) is 5.28. The van der Waals surface area contributed by atoms with Crippen molar-refractivity contribution < 1.29 is 4.39 Å². The van der Waals surface area contributed by atoms with Gasteiger partial charge in [-0.1, -0.05) is 60.7 Å². The summed E-state index contributed by atoms with van der Waals surface area (Å²) in [6, 6.07) is 20.6. The monoisotopic (exact) mass is 311 g/mol. The molecule has 112 valence electrons. The van der Waals surface area contributed by atoms with Crippen molar-refractivity contribution in [3.63, 3.8) is 0 Å². The average Bonchev–Trinajstić information content (AvgIpc) is 2.58. The van der Waals surface area contributed by atoms with Crippen LogP contribution in [0.3, 0.4) is 0 Å². The average molecular weight is 311 g/mol. The zero-order valence-electron chi connectivity index (χ0n) is 12.3. The Balaban J connectivity index is 1.87. The normalized spacial score (nSPS) is 14.5. The molecule has 0 bridgehead atoms. The summed E-state index contributed by atoms with van der Waals surface area (Å²) in [5, 5.41) is 2.10. The Labute approximate surface area is 135 Å². The third kappa shape index (κ3) is 3.60. The van der Waals surface area contributed by atoms with E-state index >= 15 is 0 Å². The molecule has 1 N–H and O–H groups in total. The van der Waals surface area contributed by atoms with Gasteiger partial charge in [-0.2, -0.15) is 0 Å². The highest BCUT2D eigenvalue weighted by Crippen LogP contribution is 2.29. The summed E-state index contributed by atoms with van der Waals surface area (Å²) >= 11 is 1.46. The first-order valence-corrected chi connectivity index (χ1v) is 8.21. The van der Waals surface area contributed by atoms with E-state index in [0.29, 0.717) is 5.70 Å². The number of rotatable bonds is 5. The maximum atomic E-state index is 13.4. The van der Waals surface area contributed by atoms with Crippen molar-refractivity contribution in [3.8, 4) is 0 Å². The quantitative estimate of drug-likeness (QED) is 0.794. The van der Waals surface area contributed by atoms with Crippen LogP contribution in [0.1, 0.15) is 11.1 Å². The number of hydrogen-bond acceptors (Lipinski definition) is 2. The number of benzene rings is 2. The van der Waals surface area contributed by atoms with Gasteiger partial charge < -0.3 is 4.72 Å². The molecule has 22 heavy (non-hydrogen) atoms. The standard InChI is InChI=1S/C19H18FNS/c20-13-19-18(12-16-9-5-2-6-10-16)17(14-22-21-19)11-15-7-3-1-4-8-15/h1-10,14,21H,11-13H2. The van der Waals surface area contributed by atoms with E-state index in [9.17, 15) is 4.39 Å². The van der Waals surface area contributed by atoms with Crippen molar-refractivity contribution in [1.82, 2.24) is 4.72 Å². The van der Waals surface area contributed by atoms with Crippen LogP contribution in [-0.2, 0) is 12.8 Å². The lowest BCUT2D eigenvalue weighted by atomic mass is 9.93. The van der Waals surface area contributed by atoms with E-state index in [4.69, 9.17) is 0 Å². The fourth-order valence-electron chi connectivity index (χ4n) is 2.59. The van der Waals surface area contributed by atoms with E-state index in [1.54, 1.807) is 0 Å². The molecule has 0 saturated heterocycles. The number of hydrogen-bond donors (Lipinski definition) is 1. The molecular weight excluding hydrogens is 293 g/mol. The highest BCUT2D eigenvalue weighted by Gasteiger charge is 2.17. The van der Waals surface area contributed by atoms with Gasteiger partial charge in [0.25, 0.3) is 0 Å². The number of alkyl halides is 1. The third-order valence-corrected chi connectivity index (χ3v) is 4.50. The van der Waals surface area contributed by atoms with Crippen LogP contribution in [0.4, 0.5) is 4.39 Å². The van der Waals surface area contributed by atoms with Gasteiger partial charge in [0.15, 0.2) is 0 Å². The zero-order valence-corrected chi connectivity index (χ0v) is 13.1. The first kappa shape index (κ1) is 14.9. The molecule has 0 amide bonds. The van der Waals surface area contributed by atoms with Gasteiger partial charge in [0.2, 0.25) is 0 Å². The Kier molecular flexibility index (Phi) is 4.96. The molecule has 2 aromatic rings. The highest BCUT2D eigenvalue weighted by molar-refractivity contribution is 8.00. The van der Waals surface area contributed by atoms with E-state index in [1.165, 1.54) is 28.6 Å². The first-order valence-electron chi connectivity index (χ1n) is 7.33. The van der Waals surface area contributed by atoms with Crippen molar-refractivity contribution in [2.75, 3.05) is 6.67 Å². The molecule has 3 rings (SSSR count). The lowest BCUT2D eigenvalue weighted by Crippen LogP contribution is -2.16. The summed E-state index contributed by atoms with van der Waals surface area (Å²) in [5.74, 6) is 0. The molecular formula is C19H18FNS. The lowest BCUT2D eigenvalue weighted by molar-refractivity contribution is 0.531. The van der Waals surface area contributed by atoms with Crippen LogP contribution < -0.4 is 4.72 Å². The minimum absolute atomic E-state index is 0.457. The Morgan fingerprint density at radius 1 is 0.818 bits per heavy atom. The molecule has 0 atom stereocenters. The minimum atomic E-state index is -0.457. The third-order valence-electron chi connectivity index (χ3n) is 3.73. The Morgan fingerprint density at radius 3 is 2.00 bits per heavy atom. The van der Waals surface area contributed by atoms with Crippen LogP contribution in [0.2, 0.25) is 0 Å². The summed E-state index contributed by atoms with van der Waals surface area (Å²) in [6.07, 6.45) is 1.59. The molecule has 0 fully saturated rings. The summed E-state index contributed by atoms with van der Waals surface area (Å²) in [5.41, 5.74) is 5.43. The van der Waals surface area contributed by atoms with E-state index in [-0.39, 0.29) is 0 Å². The van der Waals surface area contributed by atoms with Gasteiger partial charge in [-0.3, -0.25) is 0 Å². The first-order chi connectivity index (χ1) is 10.9. The summed E-state index contributed by atoms with van der Waals surface area (Å²) in [6.45, 7) is -0.457. The molecule has 1 aliphatic heterocycles. The molecule has 1 heterocycles. The molecule has 0 unspecified atom stereocenters. The van der Waals surface area contributed by atoms with E-state index in [1.807, 2.05) is 36.4 Å². The van der Waals surface area contributed by atoms with Gasteiger partial charge in [-0.15, -0.1) is 0 Å². The highest BCUT2D eigenvalue weighted by atomic mass is 32.2. The maximum absolute atomic E-state index is 13.4. The van der Waals surface area contributed by atoms with Gasteiger partial charge in [-0.05, 0) is 52.5 Å². The van der Waals surface area contributed by atoms with Crippen molar-refractivity contribution in [2.24, 2.45) is 0 Å². The molecule has 0 aliphatic carbocycles. The van der Waals surface area contributed by atoms with Crippen molar-refractivity contribution in [2.45, 2.75) is 12.8 Å². The minimum Gasteiger partial charge on any atom is -0.327 e. The van der Waals surface area contributed by atoms with Crippen LogP contribution >= 0.6 is 11.9 Å². The smallest absolute Gasteiger partial charge is 0.130 e. The Morgan fingerprint density at radius 2 is 1.41 bits per heavy atom. The summed E-state index contributed by atoms with van der Waals surface area (Å²) in [4.78, 5) is 0. The van der Waals surface area contributed by atoms with Crippen LogP contribution in [-0.4, -0.2) is 6.67 Å². The van der Waals surface area contributed by atoms with Gasteiger partial charge in [0, 0.05) is 0 Å². The topological polar surface area (TPSA) is 12.0 Å². The van der Waals surface area contributed by atoms with Gasteiger partial charge in [-0.25, -0.2) is 4.39 Å². The second-order valence-corrected chi connectivity index (χ2v) is 5.95. The largest absolute Gasteiger partial charge is 0.327 e. The Bertz CT molecular complexity index is 677. The fourth-order valence-corrected chi connectivity index (χ4v) is 3.34.